The van der Waals surface area contributed by atoms with Gasteiger partial charge in [0.15, 0.2) is 5.78 Å². The molecule has 0 radical (unpaired) electrons. The van der Waals surface area contributed by atoms with Crippen LogP contribution in [0.5, 0.6) is 0 Å². The van der Waals surface area contributed by atoms with E-state index in [1.807, 2.05) is 0 Å². The molecule has 2 rings (SSSR count). The Labute approximate surface area is 127 Å². The van der Waals surface area contributed by atoms with Crippen molar-refractivity contribution in [3.8, 4) is 0 Å². The molecule has 21 heavy (non-hydrogen) atoms. The summed E-state index contributed by atoms with van der Waals surface area (Å²) in [6.07, 6.45) is 1.58. The number of halogens is 1. The molecule has 1 aliphatic rings. The van der Waals surface area contributed by atoms with Crippen LogP contribution in [0.25, 0.3) is 0 Å². The number of hydrogen-bond donors (Lipinski definition) is 1. The monoisotopic (exact) mass is 331 g/mol. The Morgan fingerprint density at radius 3 is 2.62 bits per heavy atom. The summed E-state index contributed by atoms with van der Waals surface area (Å²) in [6, 6.07) is 3.74. The summed E-state index contributed by atoms with van der Waals surface area (Å²) in [5, 5.41) is 0.0197. The molecule has 1 aromatic rings. The Bertz CT molecular complexity index is 682. The summed E-state index contributed by atoms with van der Waals surface area (Å²) in [7, 11) is -3.77. The highest BCUT2D eigenvalue weighted by Crippen LogP contribution is 2.27. The molecule has 0 aliphatic heterocycles. The van der Waals surface area contributed by atoms with Crippen LogP contribution in [0.15, 0.2) is 23.1 Å². The zero-order valence-electron chi connectivity index (χ0n) is 11.3. The average Bonchev–Trinajstić information content (AvgIpc) is 3.19. The minimum absolute atomic E-state index is 0.0197. The number of nitrogens with one attached hydrogen (secondary N) is 1. The van der Waals surface area contributed by atoms with Crippen LogP contribution in [0.1, 0.15) is 30.1 Å². The second-order valence-electron chi connectivity index (χ2n) is 4.82. The van der Waals surface area contributed by atoms with E-state index in [-0.39, 0.29) is 33.9 Å². The molecule has 0 spiro atoms. The minimum Gasteiger partial charge on any atom is -0.454 e. The predicted octanol–water partition coefficient (Wildman–Crippen LogP) is 1.53. The van der Waals surface area contributed by atoms with Gasteiger partial charge in [-0.3, -0.25) is 4.79 Å². The largest absolute Gasteiger partial charge is 0.454 e. The molecule has 0 bridgehead atoms. The second kappa shape index (κ2) is 6.13. The van der Waals surface area contributed by atoms with Gasteiger partial charge in [-0.15, -0.1) is 0 Å². The van der Waals surface area contributed by atoms with Gasteiger partial charge < -0.3 is 4.74 Å². The normalized spacial score (nSPS) is 14.8. The molecule has 1 fully saturated rings. The molecule has 1 N–H and O–H groups in total. The third-order valence-electron chi connectivity index (χ3n) is 2.76. The Balaban J connectivity index is 2.24. The fourth-order valence-corrected chi connectivity index (χ4v) is 3.40. The Kier molecular flexibility index (Phi) is 4.65. The van der Waals surface area contributed by atoms with Crippen molar-refractivity contribution in [1.82, 2.24) is 4.72 Å². The lowest BCUT2D eigenvalue weighted by molar-refractivity contribution is -0.120. The Hall–Kier alpha value is -1.44. The number of carbonyl (C=O) groups is 2. The molecule has 0 heterocycles. The van der Waals surface area contributed by atoms with Crippen molar-refractivity contribution in [2.75, 3.05) is 6.61 Å². The van der Waals surface area contributed by atoms with Crippen LogP contribution in [-0.2, 0) is 19.6 Å². The number of carbonyl (C=O) groups excluding carboxylic acids is 2. The van der Waals surface area contributed by atoms with Gasteiger partial charge in [0.1, 0.15) is 11.5 Å². The molecule has 0 amide bonds. The van der Waals surface area contributed by atoms with Crippen molar-refractivity contribution in [2.24, 2.45) is 0 Å². The van der Waals surface area contributed by atoms with E-state index in [1.165, 1.54) is 19.1 Å². The summed E-state index contributed by atoms with van der Waals surface area (Å²) in [4.78, 5) is 22.4. The van der Waals surface area contributed by atoms with Gasteiger partial charge in [-0.1, -0.05) is 11.6 Å². The maximum absolute atomic E-state index is 12.1. The first kappa shape index (κ1) is 15.9. The lowest BCUT2D eigenvalue weighted by Crippen LogP contribution is -2.26. The molecule has 114 valence electrons. The molecule has 1 saturated carbocycles. The van der Waals surface area contributed by atoms with E-state index in [2.05, 4.69) is 4.72 Å². The van der Waals surface area contributed by atoms with Crippen molar-refractivity contribution in [3.63, 3.8) is 0 Å². The van der Waals surface area contributed by atoms with Gasteiger partial charge in [0.25, 0.3) is 0 Å². The Morgan fingerprint density at radius 2 is 2.05 bits per heavy atom. The molecule has 8 heteroatoms. The highest BCUT2D eigenvalue weighted by molar-refractivity contribution is 7.89. The van der Waals surface area contributed by atoms with Crippen LogP contribution in [0, 0.1) is 0 Å². The van der Waals surface area contributed by atoms with Crippen molar-refractivity contribution in [1.29, 1.82) is 0 Å². The zero-order chi connectivity index (χ0) is 15.6. The van der Waals surface area contributed by atoms with Gasteiger partial charge in [0.05, 0.1) is 10.6 Å². The van der Waals surface area contributed by atoms with Gasteiger partial charge >= 0.3 is 5.97 Å². The summed E-state index contributed by atoms with van der Waals surface area (Å²) in [5.41, 5.74) is 0.0248. The molecule has 0 unspecified atom stereocenters. The molecule has 0 aromatic heterocycles. The lowest BCUT2D eigenvalue weighted by Gasteiger charge is -2.09. The summed E-state index contributed by atoms with van der Waals surface area (Å²) < 4.78 is 31.5. The molecule has 1 aliphatic carbocycles. The molecular weight excluding hydrogens is 318 g/mol. The van der Waals surface area contributed by atoms with Crippen molar-refractivity contribution in [2.45, 2.75) is 30.7 Å². The van der Waals surface area contributed by atoms with Crippen LogP contribution in [0.2, 0.25) is 5.02 Å². The number of sulfonamides is 1. The average molecular weight is 332 g/mol. The molecule has 1 aromatic carbocycles. The van der Waals surface area contributed by atoms with Crippen LogP contribution < -0.4 is 4.72 Å². The number of hydrogen-bond acceptors (Lipinski definition) is 5. The summed E-state index contributed by atoms with van der Waals surface area (Å²) >= 11 is 5.89. The number of ether oxygens (including phenoxy) is 1. The smallest absolute Gasteiger partial charge is 0.338 e. The third-order valence-corrected chi connectivity index (χ3v) is 4.76. The van der Waals surface area contributed by atoms with Gasteiger partial charge in [0.2, 0.25) is 10.0 Å². The Morgan fingerprint density at radius 1 is 1.38 bits per heavy atom. The SMILES string of the molecule is CC(=O)COC(=O)c1ccc(Cl)c(S(=O)(=O)NC2CC2)c1. The zero-order valence-corrected chi connectivity index (χ0v) is 12.8. The van der Waals surface area contributed by atoms with Crippen LogP contribution in [0.3, 0.4) is 0 Å². The number of ketones is 1. The number of rotatable bonds is 6. The van der Waals surface area contributed by atoms with E-state index < -0.39 is 16.0 Å². The van der Waals surface area contributed by atoms with E-state index in [9.17, 15) is 18.0 Å². The van der Waals surface area contributed by atoms with Crippen molar-refractivity contribution in [3.05, 3.63) is 28.8 Å². The fraction of sp³-hybridized carbons (Fsp3) is 0.385. The minimum atomic E-state index is -3.77. The quantitative estimate of drug-likeness (QED) is 0.798. The van der Waals surface area contributed by atoms with E-state index in [4.69, 9.17) is 16.3 Å². The van der Waals surface area contributed by atoms with E-state index >= 15 is 0 Å². The topological polar surface area (TPSA) is 89.5 Å². The summed E-state index contributed by atoms with van der Waals surface area (Å²) in [6.45, 7) is 0.925. The maximum Gasteiger partial charge on any atom is 0.338 e. The van der Waals surface area contributed by atoms with Gasteiger partial charge in [-0.25, -0.2) is 17.9 Å². The first-order valence-corrected chi connectivity index (χ1v) is 8.14. The number of Topliss-reactive ketones (excluding diaryl/α,β-unsaturated/α-hetero) is 1. The third kappa shape index (κ3) is 4.26. The highest BCUT2D eigenvalue weighted by atomic mass is 35.5. The number of benzene rings is 1. The van der Waals surface area contributed by atoms with E-state index in [0.717, 1.165) is 18.9 Å². The first-order chi connectivity index (χ1) is 9.79. The highest BCUT2D eigenvalue weighted by Gasteiger charge is 2.29. The molecular formula is C13H14ClNO5S. The lowest BCUT2D eigenvalue weighted by atomic mass is 10.2. The molecule has 0 atom stereocenters. The maximum atomic E-state index is 12.1. The van der Waals surface area contributed by atoms with Gasteiger partial charge in [0, 0.05) is 6.04 Å². The predicted molar refractivity (Wildman–Crippen MR) is 75.8 cm³/mol. The van der Waals surface area contributed by atoms with Crippen molar-refractivity contribution >= 4 is 33.4 Å². The van der Waals surface area contributed by atoms with E-state index in [0.29, 0.717) is 0 Å². The van der Waals surface area contributed by atoms with Crippen molar-refractivity contribution < 1.29 is 22.7 Å². The molecule has 0 saturated heterocycles. The number of esters is 1. The fourth-order valence-electron chi connectivity index (χ4n) is 1.57. The van der Waals surface area contributed by atoms with Gasteiger partial charge in [-0.2, -0.15) is 0 Å². The van der Waals surface area contributed by atoms with Crippen LogP contribution in [-0.4, -0.2) is 32.8 Å². The standard InChI is InChI=1S/C13H14ClNO5S/c1-8(16)7-20-13(17)9-2-5-11(14)12(6-9)21(18,19)15-10-3-4-10/h2,5-6,10,15H,3-4,7H2,1H3. The van der Waals surface area contributed by atoms with Crippen LogP contribution in [0.4, 0.5) is 0 Å². The molecule has 6 nitrogen and oxygen atoms in total. The first-order valence-electron chi connectivity index (χ1n) is 6.28. The van der Waals surface area contributed by atoms with E-state index in [1.54, 1.807) is 0 Å². The van der Waals surface area contributed by atoms with Gasteiger partial charge in [-0.05, 0) is 38.0 Å². The van der Waals surface area contributed by atoms with Crippen LogP contribution >= 0.6 is 11.6 Å². The summed E-state index contributed by atoms with van der Waals surface area (Å²) in [5.74, 6) is -1.08. The second-order valence-corrected chi connectivity index (χ2v) is 6.91.